The number of rotatable bonds is 28. The minimum Gasteiger partial charge on any atom is -0.415 e. The molecule has 0 amide bonds. The summed E-state index contributed by atoms with van der Waals surface area (Å²) in [6.07, 6.45) is 17.3. The maximum absolute atomic E-state index is 10.7. The van der Waals surface area contributed by atoms with Crippen molar-refractivity contribution in [2.45, 2.75) is 246 Å². The van der Waals surface area contributed by atoms with Gasteiger partial charge in [0, 0.05) is 0 Å². The molecule has 4 rings (SSSR count). The van der Waals surface area contributed by atoms with Crippen LogP contribution in [0.4, 0.5) is 0 Å². The lowest BCUT2D eigenvalue weighted by Crippen LogP contribution is -2.50. The third-order valence-electron chi connectivity index (χ3n) is 15.7. The van der Waals surface area contributed by atoms with Gasteiger partial charge in [0.1, 0.15) is 6.79 Å². The normalized spacial score (nSPS) is 28.7. The van der Waals surface area contributed by atoms with Crippen molar-refractivity contribution in [3.8, 4) is 0 Å². The predicted octanol–water partition coefficient (Wildman–Crippen LogP) is 10.3. The van der Waals surface area contributed by atoms with E-state index in [4.69, 9.17) is 44.6 Å². The lowest BCUT2D eigenvalue weighted by Gasteiger charge is -2.47. The highest BCUT2D eigenvalue weighted by molar-refractivity contribution is 6.79. The Morgan fingerprint density at radius 1 is 0.391 bits per heavy atom. The van der Waals surface area contributed by atoms with Gasteiger partial charge in [0.25, 0.3) is 0 Å². The summed E-state index contributed by atoms with van der Waals surface area (Å²) in [4.78, 5) is 31.0. The number of aliphatic hydroxyl groups excluding tert-OH is 1. The second-order valence-corrected chi connectivity index (χ2v) is 45.9. The van der Waals surface area contributed by atoms with Crippen LogP contribution in [0.15, 0.2) is 0 Å². The number of hydrogen-bond donors (Lipinski definition) is 4. The van der Waals surface area contributed by atoms with E-state index >= 15 is 0 Å². The van der Waals surface area contributed by atoms with E-state index in [9.17, 15) is 19.5 Å². The van der Waals surface area contributed by atoms with E-state index in [-0.39, 0.29) is 61.4 Å². The van der Waals surface area contributed by atoms with Crippen LogP contribution in [0.1, 0.15) is 130 Å². The van der Waals surface area contributed by atoms with Crippen molar-refractivity contribution in [1.82, 2.24) is 0 Å². The van der Waals surface area contributed by atoms with Gasteiger partial charge in [0.15, 0.2) is 0 Å². The van der Waals surface area contributed by atoms with Crippen molar-refractivity contribution in [1.29, 1.82) is 0 Å². The zero-order valence-corrected chi connectivity index (χ0v) is 52.5. The van der Waals surface area contributed by atoms with Crippen LogP contribution >= 0.6 is 0 Å². The average molecular weight is 1090 g/mol. The van der Waals surface area contributed by atoms with Crippen molar-refractivity contribution < 1.29 is 64.1 Å². The molecular formula is C49H104O14Si6. The maximum atomic E-state index is 10.7. The molecule has 408 valence electrons. The second-order valence-electron chi connectivity index (χ2n) is 25.5. The Bertz CT molecular complexity index is 1470. The molecular weight excluding hydrogens is 981 g/mol. The number of hydrogen-bond acceptors (Lipinski definition) is 14. The van der Waals surface area contributed by atoms with Crippen molar-refractivity contribution in [3.63, 3.8) is 0 Å². The fraction of sp³-hybridized carbons (Fsp3) is 1.00. The molecule has 0 radical (unpaired) electrons. The van der Waals surface area contributed by atoms with Gasteiger partial charge in [-0.15, -0.1) is 0 Å². The highest BCUT2D eigenvalue weighted by atomic mass is 28.5. The quantitative estimate of drug-likeness (QED) is 0.0431. The zero-order chi connectivity index (χ0) is 51.7. The molecule has 0 bridgehead atoms. The topological polar surface area (TPSA) is 173 Å². The third kappa shape index (κ3) is 22.9. The van der Waals surface area contributed by atoms with Crippen molar-refractivity contribution in [2.24, 2.45) is 34.5 Å². The van der Waals surface area contributed by atoms with Gasteiger partial charge >= 0.3 is 51.4 Å². The summed E-state index contributed by atoms with van der Waals surface area (Å²) in [7, 11) is -15.8. The number of ether oxygens (including phenoxy) is 4. The van der Waals surface area contributed by atoms with Crippen molar-refractivity contribution in [3.05, 3.63) is 0 Å². The van der Waals surface area contributed by atoms with E-state index in [1.54, 1.807) is 39.3 Å². The molecule has 0 aromatic rings. The highest BCUT2D eigenvalue weighted by Crippen LogP contribution is 2.50. The molecule has 4 saturated carbocycles. The van der Waals surface area contributed by atoms with Gasteiger partial charge in [-0.3, -0.25) is 0 Å². The van der Waals surface area contributed by atoms with Gasteiger partial charge in [-0.05, 0) is 216 Å². The Labute approximate surface area is 426 Å². The van der Waals surface area contributed by atoms with E-state index in [0.717, 1.165) is 77.0 Å². The first kappa shape index (κ1) is 62.3. The summed E-state index contributed by atoms with van der Waals surface area (Å²) in [6, 6.07) is 0. The molecule has 0 aliphatic heterocycles. The molecule has 0 aromatic carbocycles. The Kier molecular flexibility index (Phi) is 23.6. The van der Waals surface area contributed by atoms with E-state index in [1.165, 1.54) is 25.7 Å². The van der Waals surface area contributed by atoms with Gasteiger partial charge in [-0.1, -0.05) is 27.7 Å². The Morgan fingerprint density at radius 3 is 1.01 bits per heavy atom. The van der Waals surface area contributed by atoms with Crippen LogP contribution in [-0.2, 0) is 44.6 Å². The maximum Gasteiger partial charge on any atom is 0.324 e. The highest BCUT2D eigenvalue weighted by Gasteiger charge is 2.44. The lowest BCUT2D eigenvalue weighted by atomic mass is 9.60. The Hall–Kier alpha value is 0.741. The summed E-state index contributed by atoms with van der Waals surface area (Å²) in [5.74, 6) is 2.61. The fourth-order valence-corrected chi connectivity index (χ4v) is 29.3. The fourth-order valence-electron chi connectivity index (χ4n) is 12.3. The first-order valence-electron chi connectivity index (χ1n) is 27.0. The van der Waals surface area contributed by atoms with Gasteiger partial charge in [-0.2, -0.15) is 0 Å². The molecule has 14 nitrogen and oxygen atoms in total. The molecule has 4 aliphatic rings. The molecule has 4 N–H and O–H groups in total. The van der Waals surface area contributed by atoms with Gasteiger partial charge in [0.05, 0.1) is 63.1 Å². The minimum atomic E-state index is -2.80. The summed E-state index contributed by atoms with van der Waals surface area (Å²) in [6.45, 7) is 33.9. The van der Waals surface area contributed by atoms with E-state index in [0.29, 0.717) is 36.9 Å². The average Bonchev–Trinajstić information content (AvgIpc) is 3.21. The van der Waals surface area contributed by atoms with E-state index in [2.05, 4.69) is 27.7 Å². The minimum absolute atomic E-state index is 0.153. The van der Waals surface area contributed by atoms with Crippen molar-refractivity contribution in [2.75, 3.05) is 33.2 Å². The Balaban J connectivity index is 1.18. The van der Waals surface area contributed by atoms with Crippen molar-refractivity contribution >= 4 is 51.4 Å². The lowest BCUT2D eigenvalue weighted by molar-refractivity contribution is -0.0901. The molecule has 4 fully saturated rings. The smallest absolute Gasteiger partial charge is 0.324 e. The standard InChI is InChI=1S/C49H104O14Si6/c1-48(2,38-17-25-43(26-18-38)54-33-42(50)34-58-67(11,12)61-64(5,6)51)39-19-27-44(28-20-39)55-35-47(60-69(15,16)63-66(9,10)53)36-56-45-29-21-40(22-30-45)49(3,4)41-23-31-46(32-24-41)57-37-59-68(13,14)62-65(7,8)52/h38-47,50-53H,17-37H2,1-16H3. The second kappa shape index (κ2) is 26.2. The van der Waals surface area contributed by atoms with Crippen LogP contribution in [0.3, 0.4) is 0 Å². The Morgan fingerprint density at radius 2 is 0.681 bits per heavy atom. The third-order valence-corrected chi connectivity index (χ3v) is 30.2. The van der Waals surface area contributed by atoms with Gasteiger partial charge in [0.2, 0.25) is 0 Å². The molecule has 0 aromatic heterocycles. The molecule has 4 aliphatic carbocycles. The predicted molar refractivity (Wildman–Crippen MR) is 287 cm³/mol. The van der Waals surface area contributed by atoms with Crippen LogP contribution in [0.25, 0.3) is 0 Å². The summed E-state index contributed by atoms with van der Waals surface area (Å²) in [5, 5.41) is 10.6. The molecule has 0 spiro atoms. The number of aliphatic hydroxyl groups is 1. The SMILES string of the molecule is CC(C)(C1CCC(OCO[Si](C)(C)O[Si](C)(C)O)CC1)C1CCC(OCC(COC2CCC(C(C)(C)C3CCC(OCC(O)CO[Si](C)(C)O[Si](C)(C)O)CC3)CC2)O[Si](C)(C)O[Si](C)(C)O)CC1. The molecule has 2 atom stereocenters. The largest absolute Gasteiger partial charge is 0.415 e. The monoisotopic (exact) mass is 1080 g/mol. The van der Waals surface area contributed by atoms with Crippen LogP contribution in [0.2, 0.25) is 78.6 Å². The van der Waals surface area contributed by atoms with Crippen LogP contribution in [0, 0.1) is 34.5 Å². The summed E-state index contributed by atoms with van der Waals surface area (Å²) < 4.78 is 62.3. The summed E-state index contributed by atoms with van der Waals surface area (Å²) >= 11 is 0. The van der Waals surface area contributed by atoms with Crippen LogP contribution in [0.5, 0.6) is 0 Å². The van der Waals surface area contributed by atoms with Crippen LogP contribution < -0.4 is 0 Å². The first-order valence-corrected chi connectivity index (χ1v) is 44.0. The van der Waals surface area contributed by atoms with Crippen LogP contribution in [-0.4, -0.2) is 141 Å². The summed E-state index contributed by atoms with van der Waals surface area (Å²) in [5.41, 5.74) is 0.478. The van der Waals surface area contributed by atoms with E-state index < -0.39 is 57.5 Å². The molecule has 0 saturated heterocycles. The molecule has 69 heavy (non-hydrogen) atoms. The molecule has 0 heterocycles. The van der Waals surface area contributed by atoms with Gasteiger partial charge < -0.3 is 64.1 Å². The van der Waals surface area contributed by atoms with E-state index in [1.807, 2.05) is 39.3 Å². The first-order chi connectivity index (χ1) is 31.6. The van der Waals surface area contributed by atoms with Gasteiger partial charge in [-0.25, -0.2) is 0 Å². The zero-order valence-electron chi connectivity index (χ0n) is 46.5. The molecule has 20 heteroatoms. The molecule has 2 unspecified atom stereocenters.